The number of nitrogens with two attached hydrogens (primary N) is 1. The van der Waals surface area contributed by atoms with Gasteiger partial charge in [0.2, 0.25) is 11.1 Å². The van der Waals surface area contributed by atoms with Crippen LogP contribution in [0.3, 0.4) is 0 Å². The standard InChI is InChI=1S/C24H20ClN5O2S/c1-15(31)17-10-7-11-18(14-17)27-23(32)21(16-8-3-2-4-9-16)33-24-29-28-22(30(24)26)19-12-5-6-13-20(19)25/h2-14,21H,26H2,1H3,(H,27,32)/t21-/m0/s1. The van der Waals surface area contributed by atoms with Crippen LogP contribution in [0.1, 0.15) is 28.1 Å². The first-order valence-electron chi connectivity index (χ1n) is 10.0. The largest absolute Gasteiger partial charge is 0.335 e. The highest BCUT2D eigenvalue weighted by Gasteiger charge is 2.26. The molecule has 0 saturated heterocycles. The highest BCUT2D eigenvalue weighted by molar-refractivity contribution is 8.00. The lowest BCUT2D eigenvalue weighted by atomic mass is 10.1. The molecule has 0 aliphatic carbocycles. The van der Waals surface area contributed by atoms with Gasteiger partial charge in [-0.2, -0.15) is 0 Å². The van der Waals surface area contributed by atoms with Crippen LogP contribution in [0.5, 0.6) is 0 Å². The Hall–Kier alpha value is -3.62. The van der Waals surface area contributed by atoms with Crippen LogP contribution in [0.15, 0.2) is 84.0 Å². The molecule has 33 heavy (non-hydrogen) atoms. The van der Waals surface area contributed by atoms with E-state index < -0.39 is 5.25 Å². The van der Waals surface area contributed by atoms with E-state index in [1.165, 1.54) is 23.4 Å². The van der Waals surface area contributed by atoms with E-state index in [1.807, 2.05) is 42.5 Å². The third-order valence-electron chi connectivity index (χ3n) is 4.88. The first kappa shape index (κ1) is 22.6. The second kappa shape index (κ2) is 9.89. The Labute approximate surface area is 199 Å². The number of rotatable bonds is 7. The van der Waals surface area contributed by atoms with Crippen LogP contribution in [0.4, 0.5) is 5.69 Å². The maximum absolute atomic E-state index is 13.3. The molecule has 0 spiro atoms. The van der Waals surface area contributed by atoms with Gasteiger partial charge in [0, 0.05) is 16.8 Å². The number of nitrogen functional groups attached to an aromatic ring is 1. The molecule has 0 fully saturated rings. The summed E-state index contributed by atoms with van der Waals surface area (Å²) in [5.74, 6) is 6.31. The number of carbonyl (C=O) groups is 2. The van der Waals surface area contributed by atoms with Crippen LogP contribution in [-0.4, -0.2) is 26.6 Å². The van der Waals surface area contributed by atoms with Crippen LogP contribution in [0, 0.1) is 0 Å². The molecule has 1 amide bonds. The van der Waals surface area contributed by atoms with Crippen molar-refractivity contribution in [1.29, 1.82) is 0 Å². The van der Waals surface area contributed by atoms with Gasteiger partial charge >= 0.3 is 0 Å². The van der Waals surface area contributed by atoms with Crippen molar-refractivity contribution in [3.63, 3.8) is 0 Å². The average Bonchev–Trinajstić information content (AvgIpc) is 3.18. The molecular weight excluding hydrogens is 458 g/mol. The summed E-state index contributed by atoms with van der Waals surface area (Å²) in [4.78, 5) is 25.0. The first-order valence-corrected chi connectivity index (χ1v) is 11.3. The fraction of sp³-hybridized carbons (Fsp3) is 0.0833. The van der Waals surface area contributed by atoms with E-state index >= 15 is 0 Å². The lowest BCUT2D eigenvalue weighted by molar-refractivity contribution is -0.115. The van der Waals surface area contributed by atoms with Crippen molar-refractivity contribution in [2.45, 2.75) is 17.3 Å². The predicted molar refractivity (Wildman–Crippen MR) is 131 cm³/mol. The van der Waals surface area contributed by atoms with E-state index in [0.717, 1.165) is 5.56 Å². The normalized spacial score (nSPS) is 11.7. The Morgan fingerprint density at radius 3 is 2.45 bits per heavy atom. The van der Waals surface area contributed by atoms with Crippen molar-refractivity contribution in [3.05, 3.63) is 95.0 Å². The number of halogens is 1. The summed E-state index contributed by atoms with van der Waals surface area (Å²) in [6.07, 6.45) is 0. The lowest BCUT2D eigenvalue weighted by Gasteiger charge is -2.17. The van der Waals surface area contributed by atoms with E-state index in [-0.39, 0.29) is 11.7 Å². The second-order valence-electron chi connectivity index (χ2n) is 7.19. The molecule has 4 rings (SSSR count). The van der Waals surface area contributed by atoms with Gasteiger partial charge in [0.15, 0.2) is 11.6 Å². The average molecular weight is 478 g/mol. The molecule has 0 aliphatic heterocycles. The molecule has 1 heterocycles. The fourth-order valence-electron chi connectivity index (χ4n) is 3.21. The highest BCUT2D eigenvalue weighted by atomic mass is 35.5. The Bertz CT molecular complexity index is 1310. The Morgan fingerprint density at radius 1 is 1.00 bits per heavy atom. The lowest BCUT2D eigenvalue weighted by Crippen LogP contribution is -2.20. The predicted octanol–water partition coefficient (Wildman–Crippen LogP) is 4.99. The van der Waals surface area contributed by atoms with Gasteiger partial charge in [-0.15, -0.1) is 10.2 Å². The number of Topliss-reactive ketones (excluding diaryl/α,β-unsaturated/α-hetero) is 1. The van der Waals surface area contributed by atoms with Gasteiger partial charge in [-0.3, -0.25) is 9.59 Å². The molecule has 7 nitrogen and oxygen atoms in total. The van der Waals surface area contributed by atoms with E-state index in [1.54, 1.807) is 36.4 Å². The number of anilines is 1. The number of aromatic nitrogens is 3. The van der Waals surface area contributed by atoms with Crippen molar-refractivity contribution in [1.82, 2.24) is 14.9 Å². The van der Waals surface area contributed by atoms with Gasteiger partial charge in [0.25, 0.3) is 0 Å². The molecule has 1 atom stereocenters. The van der Waals surface area contributed by atoms with Gasteiger partial charge in [-0.1, -0.05) is 78.0 Å². The van der Waals surface area contributed by atoms with Gasteiger partial charge < -0.3 is 11.2 Å². The van der Waals surface area contributed by atoms with Crippen molar-refractivity contribution < 1.29 is 9.59 Å². The Kier molecular flexibility index (Phi) is 6.76. The molecule has 9 heteroatoms. The minimum Gasteiger partial charge on any atom is -0.335 e. The van der Waals surface area contributed by atoms with Crippen LogP contribution in [0.25, 0.3) is 11.4 Å². The zero-order valence-electron chi connectivity index (χ0n) is 17.6. The molecule has 3 N–H and O–H groups in total. The second-order valence-corrected chi connectivity index (χ2v) is 8.67. The number of benzene rings is 3. The molecule has 0 radical (unpaired) electrons. The quantitative estimate of drug-likeness (QED) is 0.221. The monoisotopic (exact) mass is 477 g/mol. The molecule has 166 valence electrons. The van der Waals surface area contributed by atoms with Gasteiger partial charge in [0.05, 0.1) is 5.02 Å². The van der Waals surface area contributed by atoms with Crippen molar-refractivity contribution in [2.24, 2.45) is 0 Å². The third kappa shape index (κ3) is 5.08. The van der Waals surface area contributed by atoms with Crippen molar-refractivity contribution in [3.8, 4) is 11.4 Å². The summed E-state index contributed by atoms with van der Waals surface area (Å²) in [5.41, 5.74) is 2.45. The van der Waals surface area contributed by atoms with E-state index in [4.69, 9.17) is 17.4 Å². The number of nitrogens with one attached hydrogen (secondary N) is 1. The number of amides is 1. The van der Waals surface area contributed by atoms with Crippen molar-refractivity contribution >= 4 is 40.7 Å². The Balaban J connectivity index is 1.64. The minimum absolute atomic E-state index is 0.0802. The van der Waals surface area contributed by atoms with Gasteiger partial charge in [-0.25, -0.2) is 4.68 Å². The topological polar surface area (TPSA) is 103 Å². The maximum atomic E-state index is 13.3. The van der Waals surface area contributed by atoms with Crippen molar-refractivity contribution in [2.75, 3.05) is 11.2 Å². The van der Waals surface area contributed by atoms with Gasteiger partial charge in [0.1, 0.15) is 5.25 Å². The zero-order valence-corrected chi connectivity index (χ0v) is 19.2. The summed E-state index contributed by atoms with van der Waals surface area (Å²) in [6, 6.07) is 23.3. The fourth-order valence-corrected chi connectivity index (χ4v) is 4.39. The molecular formula is C24H20ClN5O2S. The number of ketones is 1. The summed E-state index contributed by atoms with van der Waals surface area (Å²) < 4.78 is 1.32. The van der Waals surface area contributed by atoms with Gasteiger partial charge in [-0.05, 0) is 36.8 Å². The first-order chi connectivity index (χ1) is 15.9. The molecule has 0 unspecified atom stereocenters. The highest BCUT2D eigenvalue weighted by Crippen LogP contribution is 2.36. The molecule has 4 aromatic rings. The van der Waals surface area contributed by atoms with E-state index in [9.17, 15) is 9.59 Å². The van der Waals surface area contributed by atoms with Crippen LogP contribution in [0.2, 0.25) is 5.02 Å². The summed E-state index contributed by atoms with van der Waals surface area (Å²) >= 11 is 7.46. The molecule has 0 aliphatic rings. The number of carbonyl (C=O) groups excluding carboxylic acids is 2. The third-order valence-corrected chi connectivity index (χ3v) is 6.42. The molecule has 3 aromatic carbocycles. The molecule has 0 saturated carbocycles. The summed E-state index contributed by atoms with van der Waals surface area (Å²) in [7, 11) is 0. The molecule has 1 aromatic heterocycles. The van der Waals surface area contributed by atoms with E-state index in [0.29, 0.717) is 32.8 Å². The zero-order chi connectivity index (χ0) is 23.4. The van der Waals surface area contributed by atoms with Crippen LogP contribution >= 0.6 is 23.4 Å². The number of nitrogens with zero attached hydrogens (tertiary/aromatic N) is 3. The number of thioether (sulfide) groups is 1. The number of hydrogen-bond acceptors (Lipinski definition) is 6. The number of hydrogen-bond donors (Lipinski definition) is 2. The maximum Gasteiger partial charge on any atom is 0.242 e. The minimum atomic E-state index is -0.669. The Morgan fingerprint density at radius 2 is 1.73 bits per heavy atom. The smallest absolute Gasteiger partial charge is 0.242 e. The SMILES string of the molecule is CC(=O)c1cccc(NC(=O)[C@@H](Sc2nnc(-c3ccccc3Cl)n2N)c2ccccc2)c1. The molecule has 0 bridgehead atoms. The van der Waals surface area contributed by atoms with Crippen LogP contribution < -0.4 is 11.2 Å². The summed E-state index contributed by atoms with van der Waals surface area (Å²) in [5, 5.41) is 11.4. The summed E-state index contributed by atoms with van der Waals surface area (Å²) in [6.45, 7) is 1.48. The van der Waals surface area contributed by atoms with Crippen LogP contribution in [-0.2, 0) is 4.79 Å². The van der Waals surface area contributed by atoms with E-state index in [2.05, 4.69) is 15.5 Å².